The molecule has 0 aromatic heterocycles. The SMILES string of the molecule is CCOc1ccc(Cc2cc(C3OC(CO)CC(O)[C@H]3O)ccc2Cl)cc1. The molecule has 3 rings (SSSR count). The van der Waals surface area contributed by atoms with Gasteiger partial charge in [0, 0.05) is 11.4 Å². The molecule has 3 unspecified atom stereocenters. The molecule has 146 valence electrons. The molecule has 1 aliphatic rings. The van der Waals surface area contributed by atoms with E-state index in [2.05, 4.69) is 0 Å². The van der Waals surface area contributed by atoms with E-state index in [0.29, 0.717) is 18.1 Å². The van der Waals surface area contributed by atoms with Crippen LogP contribution in [0.15, 0.2) is 42.5 Å². The van der Waals surface area contributed by atoms with E-state index < -0.39 is 24.4 Å². The lowest BCUT2D eigenvalue weighted by atomic mass is 9.91. The first kappa shape index (κ1) is 20.1. The van der Waals surface area contributed by atoms with E-state index in [0.717, 1.165) is 22.4 Å². The Kier molecular flexibility index (Phi) is 6.73. The molecule has 0 aliphatic carbocycles. The highest BCUT2D eigenvalue weighted by atomic mass is 35.5. The molecule has 6 heteroatoms. The van der Waals surface area contributed by atoms with Gasteiger partial charge in [0.15, 0.2) is 0 Å². The second kappa shape index (κ2) is 9.04. The molecule has 1 aliphatic heterocycles. The van der Waals surface area contributed by atoms with Gasteiger partial charge < -0.3 is 24.8 Å². The Bertz CT molecular complexity index is 749. The van der Waals surface area contributed by atoms with Crippen LogP contribution >= 0.6 is 11.6 Å². The summed E-state index contributed by atoms with van der Waals surface area (Å²) in [6.45, 7) is 2.36. The van der Waals surface area contributed by atoms with Crippen molar-refractivity contribution in [2.24, 2.45) is 0 Å². The Hall–Kier alpha value is -1.63. The third kappa shape index (κ3) is 4.81. The number of hydrogen-bond acceptors (Lipinski definition) is 5. The maximum Gasteiger partial charge on any atom is 0.119 e. The fourth-order valence-electron chi connectivity index (χ4n) is 3.34. The minimum atomic E-state index is -1.05. The second-order valence-corrected chi connectivity index (χ2v) is 7.17. The highest BCUT2D eigenvalue weighted by Crippen LogP contribution is 2.34. The molecule has 1 fully saturated rings. The molecule has 1 heterocycles. The average Bonchev–Trinajstić information content (AvgIpc) is 2.67. The van der Waals surface area contributed by atoms with E-state index in [9.17, 15) is 15.3 Å². The van der Waals surface area contributed by atoms with Crippen LogP contribution in [0, 0.1) is 0 Å². The zero-order valence-corrected chi connectivity index (χ0v) is 16.0. The van der Waals surface area contributed by atoms with Crippen LogP contribution in [-0.2, 0) is 11.2 Å². The highest BCUT2D eigenvalue weighted by molar-refractivity contribution is 6.31. The topological polar surface area (TPSA) is 79.2 Å². The van der Waals surface area contributed by atoms with Crippen molar-refractivity contribution in [3.8, 4) is 5.75 Å². The molecule has 0 spiro atoms. The summed E-state index contributed by atoms with van der Waals surface area (Å²) >= 11 is 6.37. The number of hydrogen-bond donors (Lipinski definition) is 3. The Morgan fingerprint density at radius 1 is 1.15 bits per heavy atom. The van der Waals surface area contributed by atoms with E-state index in [1.807, 2.05) is 37.3 Å². The fourth-order valence-corrected chi connectivity index (χ4v) is 3.53. The van der Waals surface area contributed by atoms with E-state index in [4.69, 9.17) is 21.1 Å². The van der Waals surface area contributed by atoms with Gasteiger partial charge >= 0.3 is 0 Å². The lowest BCUT2D eigenvalue weighted by Crippen LogP contribution is -2.44. The van der Waals surface area contributed by atoms with Gasteiger partial charge in [-0.1, -0.05) is 35.9 Å². The summed E-state index contributed by atoms with van der Waals surface area (Å²) < 4.78 is 11.2. The van der Waals surface area contributed by atoms with Crippen molar-refractivity contribution in [3.05, 3.63) is 64.2 Å². The number of halogens is 1. The Labute approximate surface area is 164 Å². The number of rotatable bonds is 6. The maximum absolute atomic E-state index is 10.3. The second-order valence-electron chi connectivity index (χ2n) is 6.76. The van der Waals surface area contributed by atoms with Crippen LogP contribution in [0.5, 0.6) is 5.75 Å². The summed E-state index contributed by atoms with van der Waals surface area (Å²) in [5.74, 6) is 0.823. The lowest BCUT2D eigenvalue weighted by molar-refractivity contribution is -0.179. The van der Waals surface area contributed by atoms with Crippen molar-refractivity contribution in [1.29, 1.82) is 0 Å². The maximum atomic E-state index is 10.3. The van der Waals surface area contributed by atoms with Crippen LogP contribution in [0.4, 0.5) is 0 Å². The van der Waals surface area contributed by atoms with Crippen LogP contribution in [0.2, 0.25) is 5.02 Å². The fraction of sp³-hybridized carbons (Fsp3) is 0.429. The van der Waals surface area contributed by atoms with Crippen LogP contribution in [0.25, 0.3) is 0 Å². The molecule has 0 amide bonds. The number of aliphatic hydroxyl groups excluding tert-OH is 3. The van der Waals surface area contributed by atoms with Crippen molar-refractivity contribution in [2.75, 3.05) is 13.2 Å². The smallest absolute Gasteiger partial charge is 0.119 e. The predicted molar refractivity (Wildman–Crippen MR) is 103 cm³/mol. The third-order valence-electron chi connectivity index (χ3n) is 4.78. The molecule has 0 saturated carbocycles. The van der Waals surface area contributed by atoms with Crippen molar-refractivity contribution >= 4 is 11.6 Å². The van der Waals surface area contributed by atoms with Gasteiger partial charge in [0.25, 0.3) is 0 Å². The third-order valence-corrected chi connectivity index (χ3v) is 5.15. The molecule has 1 saturated heterocycles. The summed E-state index contributed by atoms with van der Waals surface area (Å²) in [5.41, 5.74) is 2.70. The van der Waals surface area contributed by atoms with Gasteiger partial charge in [-0.05, 0) is 48.2 Å². The summed E-state index contributed by atoms with van der Waals surface area (Å²) in [6, 6.07) is 13.3. The van der Waals surface area contributed by atoms with Crippen molar-refractivity contribution in [2.45, 2.75) is 44.2 Å². The standard InChI is InChI=1S/C21H25ClO5/c1-2-26-16-6-3-13(4-7-16)9-15-10-14(5-8-18(15)22)21-20(25)19(24)11-17(12-23)27-21/h3-8,10,17,19-21,23-25H,2,9,11-12H2,1H3/t17?,19?,20-,21?/m1/s1. The molecule has 2 aromatic rings. The van der Waals surface area contributed by atoms with Crippen LogP contribution in [-0.4, -0.2) is 46.8 Å². The minimum absolute atomic E-state index is 0.201. The molecule has 4 atom stereocenters. The summed E-state index contributed by atoms with van der Waals surface area (Å²) in [4.78, 5) is 0. The van der Waals surface area contributed by atoms with Crippen molar-refractivity contribution in [1.82, 2.24) is 0 Å². The Morgan fingerprint density at radius 3 is 2.56 bits per heavy atom. The van der Waals surface area contributed by atoms with Gasteiger partial charge in [0.2, 0.25) is 0 Å². The van der Waals surface area contributed by atoms with Gasteiger partial charge in [0.1, 0.15) is 18.0 Å². The lowest BCUT2D eigenvalue weighted by Gasteiger charge is -2.37. The minimum Gasteiger partial charge on any atom is -0.494 e. The Balaban J connectivity index is 1.81. The van der Waals surface area contributed by atoms with E-state index in [1.165, 1.54) is 0 Å². The number of aliphatic hydroxyl groups is 3. The van der Waals surface area contributed by atoms with Crippen molar-refractivity contribution < 1.29 is 24.8 Å². The van der Waals surface area contributed by atoms with Crippen molar-refractivity contribution in [3.63, 3.8) is 0 Å². The van der Waals surface area contributed by atoms with Crippen LogP contribution in [0.3, 0.4) is 0 Å². The van der Waals surface area contributed by atoms with E-state index in [-0.39, 0.29) is 13.0 Å². The highest BCUT2D eigenvalue weighted by Gasteiger charge is 2.37. The number of ether oxygens (including phenoxy) is 2. The molecule has 2 aromatic carbocycles. The zero-order chi connectivity index (χ0) is 19.4. The molecule has 3 N–H and O–H groups in total. The predicted octanol–water partition coefficient (Wildman–Crippen LogP) is 2.87. The summed E-state index contributed by atoms with van der Waals surface area (Å²) in [6.07, 6.45) is -2.37. The first-order chi connectivity index (χ1) is 13.0. The Morgan fingerprint density at radius 2 is 1.89 bits per heavy atom. The van der Waals surface area contributed by atoms with Gasteiger partial charge in [0.05, 0.1) is 25.4 Å². The number of benzene rings is 2. The van der Waals surface area contributed by atoms with E-state index in [1.54, 1.807) is 12.1 Å². The van der Waals surface area contributed by atoms with Gasteiger partial charge in [-0.2, -0.15) is 0 Å². The quantitative estimate of drug-likeness (QED) is 0.704. The summed E-state index contributed by atoms with van der Waals surface area (Å²) in [7, 11) is 0. The molecule has 0 radical (unpaired) electrons. The summed E-state index contributed by atoms with van der Waals surface area (Å²) in [5, 5.41) is 30.4. The van der Waals surface area contributed by atoms with Crippen LogP contribution in [0.1, 0.15) is 36.1 Å². The zero-order valence-electron chi connectivity index (χ0n) is 15.2. The van der Waals surface area contributed by atoms with Crippen LogP contribution < -0.4 is 4.74 Å². The normalized spacial score (nSPS) is 25.4. The average molecular weight is 393 g/mol. The molecular weight excluding hydrogens is 368 g/mol. The largest absolute Gasteiger partial charge is 0.494 e. The molecule has 5 nitrogen and oxygen atoms in total. The van der Waals surface area contributed by atoms with Gasteiger partial charge in [-0.25, -0.2) is 0 Å². The first-order valence-electron chi connectivity index (χ1n) is 9.14. The molecular formula is C21H25ClO5. The molecule has 27 heavy (non-hydrogen) atoms. The first-order valence-corrected chi connectivity index (χ1v) is 9.52. The monoisotopic (exact) mass is 392 g/mol. The van der Waals surface area contributed by atoms with E-state index >= 15 is 0 Å². The van der Waals surface area contributed by atoms with Gasteiger partial charge in [-0.3, -0.25) is 0 Å². The molecule has 0 bridgehead atoms. The van der Waals surface area contributed by atoms with Gasteiger partial charge in [-0.15, -0.1) is 0 Å².